The van der Waals surface area contributed by atoms with Gasteiger partial charge in [0.2, 0.25) is 0 Å². The van der Waals surface area contributed by atoms with Crippen LogP contribution in [0.1, 0.15) is 6.42 Å². The maximum atomic E-state index is 12.9. The van der Waals surface area contributed by atoms with Crippen molar-refractivity contribution in [1.82, 2.24) is 4.98 Å². The molecule has 1 aromatic rings. The molecule has 0 bridgehead atoms. The summed E-state index contributed by atoms with van der Waals surface area (Å²) in [7, 11) is 0. The minimum absolute atomic E-state index is 0.190. The summed E-state index contributed by atoms with van der Waals surface area (Å²) in [6.07, 6.45) is 1.06. The molecule has 2 rings (SSSR count). The maximum Gasteiger partial charge on any atom is 0.363 e. The van der Waals surface area contributed by atoms with Gasteiger partial charge in [-0.05, 0) is 16.0 Å². The molecule has 0 aliphatic carbocycles. The molecule has 0 saturated carbocycles. The molecule has 0 N–H and O–H groups in total. The lowest BCUT2D eigenvalue weighted by Crippen LogP contribution is -2.24. The topological polar surface area (TPSA) is 59.3 Å². The van der Waals surface area contributed by atoms with Crippen molar-refractivity contribution in [3.05, 3.63) is 28.4 Å². The summed E-state index contributed by atoms with van der Waals surface area (Å²) in [5.41, 5.74) is 0.489. The summed E-state index contributed by atoms with van der Waals surface area (Å²) < 4.78 is 25.8. The number of nitrogens with zero attached hydrogens (tertiary/aromatic N) is 3. The van der Waals surface area contributed by atoms with Crippen LogP contribution in [0.2, 0.25) is 0 Å². The number of hydrogen-bond donors (Lipinski definition) is 0. The van der Waals surface area contributed by atoms with Gasteiger partial charge in [0.15, 0.2) is 6.20 Å². The normalized spacial score (nSPS) is 18.8. The molecule has 86 valence electrons. The van der Waals surface area contributed by atoms with E-state index in [2.05, 4.69) is 4.98 Å². The Hall–Kier alpha value is -1.79. The van der Waals surface area contributed by atoms with Crippen LogP contribution in [0.5, 0.6) is 0 Å². The average molecular weight is 229 g/mol. The highest BCUT2D eigenvalue weighted by atomic mass is 19.3. The maximum absolute atomic E-state index is 12.9. The molecule has 0 radical (unpaired) electrons. The molecule has 1 aromatic heterocycles. The van der Waals surface area contributed by atoms with E-state index in [9.17, 15) is 18.9 Å². The van der Waals surface area contributed by atoms with Gasteiger partial charge in [0.25, 0.3) is 5.92 Å². The Balaban J connectivity index is 2.14. The van der Waals surface area contributed by atoms with Crippen molar-refractivity contribution in [3.63, 3.8) is 0 Å². The van der Waals surface area contributed by atoms with Gasteiger partial charge in [0.1, 0.15) is 0 Å². The van der Waals surface area contributed by atoms with Gasteiger partial charge < -0.3 is 15.0 Å². The number of alkyl halides is 2. The molecule has 0 amide bonds. The molecule has 5 nitrogen and oxygen atoms in total. The lowest BCUT2D eigenvalue weighted by Gasteiger charge is -2.16. The zero-order chi connectivity index (χ0) is 11.8. The number of nitro groups is 1. The van der Waals surface area contributed by atoms with E-state index in [4.69, 9.17) is 0 Å². The quantitative estimate of drug-likeness (QED) is 0.573. The van der Waals surface area contributed by atoms with Gasteiger partial charge in [-0.2, -0.15) is 0 Å². The fraction of sp³-hybridized carbons (Fsp3) is 0.444. The van der Waals surface area contributed by atoms with E-state index in [0.717, 1.165) is 0 Å². The lowest BCUT2D eigenvalue weighted by molar-refractivity contribution is -0.389. The Kier molecular flexibility index (Phi) is 2.45. The van der Waals surface area contributed by atoms with Gasteiger partial charge in [-0.1, -0.05) is 0 Å². The number of halogens is 2. The van der Waals surface area contributed by atoms with Crippen LogP contribution in [0.4, 0.5) is 20.3 Å². The molecule has 2 heterocycles. The van der Waals surface area contributed by atoms with Gasteiger partial charge in [-0.25, -0.2) is 8.78 Å². The van der Waals surface area contributed by atoms with E-state index in [0.29, 0.717) is 5.69 Å². The van der Waals surface area contributed by atoms with Crippen molar-refractivity contribution in [2.24, 2.45) is 0 Å². The lowest BCUT2D eigenvalue weighted by atomic mass is 10.3. The van der Waals surface area contributed by atoms with Crippen LogP contribution < -0.4 is 4.90 Å². The SMILES string of the molecule is O=[N+]([O-])c1ccc(N2CCC(F)(F)C2)cn1. The third-order valence-corrected chi connectivity index (χ3v) is 2.45. The average Bonchev–Trinajstić information content (AvgIpc) is 2.59. The first-order valence-corrected chi connectivity index (χ1v) is 4.71. The molecular formula is C9H9F2N3O2. The van der Waals surface area contributed by atoms with Crippen molar-refractivity contribution >= 4 is 11.5 Å². The van der Waals surface area contributed by atoms with Crippen molar-refractivity contribution < 1.29 is 13.7 Å². The molecule has 0 spiro atoms. The highest BCUT2D eigenvalue weighted by Crippen LogP contribution is 2.30. The van der Waals surface area contributed by atoms with Gasteiger partial charge in [-0.3, -0.25) is 0 Å². The highest BCUT2D eigenvalue weighted by Gasteiger charge is 2.38. The van der Waals surface area contributed by atoms with Gasteiger partial charge in [0, 0.05) is 19.0 Å². The van der Waals surface area contributed by atoms with Crippen molar-refractivity contribution in [2.45, 2.75) is 12.3 Å². The standard InChI is InChI=1S/C9H9F2N3O2/c10-9(11)3-4-13(6-9)7-1-2-8(12-5-7)14(15)16/h1-2,5H,3-4,6H2. The first kappa shape index (κ1) is 10.7. The molecule has 0 unspecified atom stereocenters. The van der Waals surface area contributed by atoms with Crippen LogP contribution in [0, 0.1) is 10.1 Å². The number of aromatic nitrogens is 1. The van der Waals surface area contributed by atoms with Crippen molar-refractivity contribution in [1.29, 1.82) is 0 Å². The van der Waals surface area contributed by atoms with E-state index in [1.165, 1.54) is 23.2 Å². The highest BCUT2D eigenvalue weighted by molar-refractivity contribution is 5.47. The molecule has 16 heavy (non-hydrogen) atoms. The van der Waals surface area contributed by atoms with E-state index in [-0.39, 0.29) is 25.3 Å². The van der Waals surface area contributed by atoms with Crippen LogP contribution in [0.15, 0.2) is 18.3 Å². The number of pyridine rings is 1. The van der Waals surface area contributed by atoms with E-state index >= 15 is 0 Å². The Labute approximate surface area is 89.8 Å². The van der Waals surface area contributed by atoms with Crippen LogP contribution in [-0.2, 0) is 0 Å². The third-order valence-electron chi connectivity index (χ3n) is 2.45. The second-order valence-electron chi connectivity index (χ2n) is 3.66. The summed E-state index contributed by atoms with van der Waals surface area (Å²) in [5, 5.41) is 10.3. The van der Waals surface area contributed by atoms with Crippen molar-refractivity contribution in [3.8, 4) is 0 Å². The predicted octanol–water partition coefficient (Wildman–Crippen LogP) is 1.84. The number of rotatable bonds is 2. The molecule has 1 fully saturated rings. The Bertz CT molecular complexity index is 408. The van der Waals surface area contributed by atoms with Gasteiger partial charge in [0.05, 0.1) is 12.2 Å². The van der Waals surface area contributed by atoms with Crippen LogP contribution in [-0.4, -0.2) is 28.9 Å². The van der Waals surface area contributed by atoms with Crippen molar-refractivity contribution in [2.75, 3.05) is 18.0 Å². The van der Waals surface area contributed by atoms with Crippen LogP contribution in [0.25, 0.3) is 0 Å². The molecular weight excluding hydrogens is 220 g/mol. The third kappa shape index (κ3) is 2.07. The van der Waals surface area contributed by atoms with E-state index < -0.39 is 10.8 Å². The second-order valence-corrected chi connectivity index (χ2v) is 3.66. The largest absolute Gasteiger partial charge is 0.363 e. The Morgan fingerprint density at radius 3 is 2.69 bits per heavy atom. The summed E-state index contributed by atoms with van der Waals surface area (Å²) in [5.74, 6) is -2.96. The summed E-state index contributed by atoms with van der Waals surface area (Å²) in [6, 6.07) is 2.65. The zero-order valence-corrected chi connectivity index (χ0v) is 8.27. The molecule has 0 aromatic carbocycles. The molecule has 1 saturated heterocycles. The first-order valence-electron chi connectivity index (χ1n) is 4.71. The minimum Gasteiger partial charge on any atom is -0.362 e. The fourth-order valence-corrected chi connectivity index (χ4v) is 1.63. The summed E-state index contributed by atoms with van der Waals surface area (Å²) in [6.45, 7) is -0.112. The van der Waals surface area contributed by atoms with Crippen LogP contribution >= 0.6 is 0 Å². The summed E-state index contributed by atoms with van der Waals surface area (Å²) >= 11 is 0. The van der Waals surface area contributed by atoms with E-state index in [1.807, 2.05) is 0 Å². The molecule has 1 aliphatic heterocycles. The monoisotopic (exact) mass is 229 g/mol. The smallest absolute Gasteiger partial charge is 0.362 e. The fourth-order valence-electron chi connectivity index (χ4n) is 1.63. The Morgan fingerprint density at radius 2 is 2.25 bits per heavy atom. The number of hydrogen-bond acceptors (Lipinski definition) is 4. The zero-order valence-electron chi connectivity index (χ0n) is 8.27. The predicted molar refractivity (Wildman–Crippen MR) is 52.7 cm³/mol. The van der Waals surface area contributed by atoms with Gasteiger partial charge >= 0.3 is 5.82 Å². The summed E-state index contributed by atoms with van der Waals surface area (Å²) in [4.78, 5) is 14.8. The first-order chi connectivity index (χ1) is 7.48. The molecule has 0 atom stereocenters. The molecule has 7 heteroatoms. The number of anilines is 1. The van der Waals surface area contributed by atoms with Crippen LogP contribution in [0.3, 0.4) is 0 Å². The minimum atomic E-state index is -2.68. The van der Waals surface area contributed by atoms with E-state index in [1.54, 1.807) is 0 Å². The van der Waals surface area contributed by atoms with Gasteiger partial charge in [-0.15, -0.1) is 0 Å². The Morgan fingerprint density at radius 1 is 1.50 bits per heavy atom. The second kappa shape index (κ2) is 3.66. The molecule has 1 aliphatic rings.